The minimum atomic E-state index is -0.934. The third-order valence-corrected chi connectivity index (χ3v) is 12.4. The first kappa shape index (κ1) is 43.1. The second-order valence-corrected chi connectivity index (χ2v) is 18.0. The van der Waals surface area contributed by atoms with E-state index < -0.39 is 47.6 Å². The number of epoxide rings is 1. The Morgan fingerprint density at radius 2 is 1.59 bits per heavy atom. The standard InChI is InChI=1S/C44H59N7O6S/c1-29(2)22-35(40(53)44(4)28-57-44)47-42(55)37(24-32-14-10-7-11-15-32)51-30(3)23-36(43(51)56)48-41(54)34(17-16-31-12-8-6-9-13-31)46-38(52)25-33-26-45-39(58-33)27-50-20-18-49(5)19-21-50/h6-15,26,29-30,34-37H,16-25,27-28H2,1-5H3,(H,46,52)(H,47,55)(H,48,54)/t30?,34-,35-,36-,37-,44?/m0/s1. The number of benzene rings is 2. The van der Waals surface area contributed by atoms with E-state index in [4.69, 9.17) is 4.74 Å². The zero-order valence-electron chi connectivity index (χ0n) is 34.4. The van der Waals surface area contributed by atoms with Gasteiger partial charge in [-0.25, -0.2) is 4.98 Å². The molecule has 3 fully saturated rings. The Morgan fingerprint density at radius 3 is 2.22 bits per heavy atom. The number of thiazole rings is 1. The van der Waals surface area contributed by atoms with E-state index in [9.17, 15) is 24.0 Å². The number of amides is 4. The first-order chi connectivity index (χ1) is 27.8. The first-order valence-corrected chi connectivity index (χ1v) is 21.4. The molecule has 6 atom stereocenters. The second-order valence-electron chi connectivity index (χ2n) is 16.8. The lowest BCUT2D eigenvalue weighted by Gasteiger charge is -2.33. The van der Waals surface area contributed by atoms with Gasteiger partial charge in [-0.3, -0.25) is 28.9 Å². The minimum absolute atomic E-state index is 0.0878. The fourth-order valence-electron chi connectivity index (χ4n) is 7.88. The summed E-state index contributed by atoms with van der Waals surface area (Å²) in [5.74, 6) is -1.62. The van der Waals surface area contributed by atoms with E-state index in [1.54, 1.807) is 18.0 Å². The highest BCUT2D eigenvalue weighted by atomic mass is 32.1. The lowest BCUT2D eigenvalue weighted by atomic mass is 9.92. The van der Waals surface area contributed by atoms with Gasteiger partial charge >= 0.3 is 0 Å². The van der Waals surface area contributed by atoms with E-state index in [2.05, 4.69) is 37.8 Å². The number of aromatic nitrogens is 1. The Labute approximate surface area is 346 Å². The summed E-state index contributed by atoms with van der Waals surface area (Å²) in [5, 5.41) is 9.87. The molecule has 4 amide bonds. The van der Waals surface area contributed by atoms with Crippen LogP contribution in [0, 0.1) is 5.92 Å². The van der Waals surface area contributed by atoms with E-state index in [1.165, 1.54) is 11.3 Å². The van der Waals surface area contributed by atoms with E-state index in [1.807, 2.05) is 81.4 Å². The molecule has 0 bridgehead atoms. The molecule has 0 aliphatic carbocycles. The fraction of sp³-hybridized carbons (Fsp3) is 0.545. The summed E-state index contributed by atoms with van der Waals surface area (Å²) in [6, 6.07) is 15.3. The Morgan fingerprint density at radius 1 is 0.931 bits per heavy atom. The van der Waals surface area contributed by atoms with Crippen molar-refractivity contribution >= 4 is 40.7 Å². The second kappa shape index (κ2) is 19.5. The predicted octanol–water partition coefficient (Wildman–Crippen LogP) is 3.16. The van der Waals surface area contributed by atoms with Crippen LogP contribution in [-0.2, 0) is 54.5 Å². The van der Waals surface area contributed by atoms with Crippen molar-refractivity contribution in [3.63, 3.8) is 0 Å². The van der Waals surface area contributed by atoms with Gasteiger partial charge in [0, 0.05) is 49.7 Å². The maximum atomic E-state index is 14.3. The molecule has 3 aromatic rings. The number of hydrogen-bond donors (Lipinski definition) is 3. The van der Waals surface area contributed by atoms with Crippen molar-refractivity contribution < 1.29 is 28.7 Å². The molecule has 1 aromatic heterocycles. The van der Waals surface area contributed by atoms with Crippen LogP contribution in [0.2, 0.25) is 0 Å². The zero-order chi connectivity index (χ0) is 41.4. The smallest absolute Gasteiger partial charge is 0.246 e. The Hall–Kier alpha value is -4.50. The number of Topliss-reactive ketones (excluding diaryl/α,β-unsaturated/α-hetero) is 1. The topological polar surface area (TPSA) is 157 Å². The number of likely N-dealkylation sites (tertiary alicyclic amines) is 1. The van der Waals surface area contributed by atoms with Crippen LogP contribution in [0.15, 0.2) is 66.9 Å². The molecule has 4 heterocycles. The number of carbonyl (C=O) groups is 5. The fourth-order valence-corrected chi connectivity index (χ4v) is 8.84. The minimum Gasteiger partial charge on any atom is -0.361 e. The molecule has 312 valence electrons. The number of ketones is 1. The number of hydrogen-bond acceptors (Lipinski definition) is 10. The summed E-state index contributed by atoms with van der Waals surface area (Å²) >= 11 is 1.51. The van der Waals surface area contributed by atoms with Gasteiger partial charge in [0.25, 0.3) is 0 Å². The van der Waals surface area contributed by atoms with E-state index in [0.29, 0.717) is 25.9 Å². The predicted molar refractivity (Wildman–Crippen MR) is 223 cm³/mol. The molecule has 6 rings (SSSR count). The molecule has 0 spiro atoms. The van der Waals surface area contributed by atoms with Gasteiger partial charge in [-0.15, -0.1) is 11.3 Å². The lowest BCUT2D eigenvalue weighted by Crippen LogP contribution is -2.57. The third-order valence-electron chi connectivity index (χ3n) is 11.4. The molecule has 3 N–H and O–H groups in total. The maximum Gasteiger partial charge on any atom is 0.246 e. The number of nitrogens with one attached hydrogen (secondary N) is 3. The van der Waals surface area contributed by atoms with Crippen LogP contribution < -0.4 is 16.0 Å². The average molecular weight is 814 g/mol. The molecule has 3 aliphatic rings. The highest BCUT2D eigenvalue weighted by Crippen LogP contribution is 2.30. The number of rotatable bonds is 19. The largest absolute Gasteiger partial charge is 0.361 e. The Kier molecular flexibility index (Phi) is 14.5. The van der Waals surface area contributed by atoms with Gasteiger partial charge < -0.3 is 30.5 Å². The first-order valence-electron chi connectivity index (χ1n) is 20.6. The van der Waals surface area contributed by atoms with Gasteiger partial charge in [0.15, 0.2) is 5.78 Å². The molecular formula is C44H59N7O6S. The number of piperazine rings is 1. The van der Waals surface area contributed by atoms with Crippen molar-refractivity contribution in [1.29, 1.82) is 0 Å². The number of carbonyl (C=O) groups excluding carboxylic acids is 5. The summed E-state index contributed by atoms with van der Waals surface area (Å²) in [5.41, 5.74) is 0.957. The summed E-state index contributed by atoms with van der Waals surface area (Å²) in [6.07, 6.45) is 3.63. The Balaban J connectivity index is 1.14. The van der Waals surface area contributed by atoms with E-state index in [-0.39, 0.29) is 42.8 Å². The van der Waals surface area contributed by atoms with Gasteiger partial charge in [0.1, 0.15) is 28.7 Å². The SMILES string of the molecule is CC(C)C[C@H](NC(=O)[C@H](Cc1ccccc1)N1C(=O)[C@@H](NC(=O)[C@H](CCc2ccccc2)NC(=O)Cc2cnc(CN3CCN(C)CC3)s2)CC1C)C(=O)C1(C)CO1. The molecule has 0 radical (unpaired) electrons. The van der Waals surface area contributed by atoms with Crippen LogP contribution in [-0.4, -0.2) is 125 Å². The number of likely N-dealkylation sites (N-methyl/N-ethyl adjacent to an activating group) is 1. The molecule has 13 nitrogen and oxygen atoms in total. The zero-order valence-corrected chi connectivity index (χ0v) is 35.3. The summed E-state index contributed by atoms with van der Waals surface area (Å²) in [4.78, 5) is 81.3. The summed E-state index contributed by atoms with van der Waals surface area (Å²) in [6.45, 7) is 12.6. The van der Waals surface area contributed by atoms with Crippen molar-refractivity contribution in [2.75, 3.05) is 39.8 Å². The van der Waals surface area contributed by atoms with Crippen molar-refractivity contribution in [3.8, 4) is 0 Å². The molecule has 3 saturated heterocycles. The molecule has 0 saturated carbocycles. The molecule has 58 heavy (non-hydrogen) atoms. The molecule has 2 unspecified atom stereocenters. The van der Waals surface area contributed by atoms with Crippen LogP contribution in [0.4, 0.5) is 0 Å². The number of nitrogens with zero attached hydrogens (tertiary/aromatic N) is 4. The number of ether oxygens (including phenoxy) is 1. The monoisotopic (exact) mass is 813 g/mol. The lowest BCUT2D eigenvalue weighted by molar-refractivity contribution is -0.142. The van der Waals surface area contributed by atoms with Crippen molar-refractivity contribution in [3.05, 3.63) is 87.9 Å². The van der Waals surface area contributed by atoms with Crippen LogP contribution in [0.25, 0.3) is 0 Å². The highest BCUT2D eigenvalue weighted by molar-refractivity contribution is 7.11. The van der Waals surface area contributed by atoms with Crippen LogP contribution in [0.1, 0.15) is 68.0 Å². The maximum absolute atomic E-state index is 14.3. The van der Waals surface area contributed by atoms with Gasteiger partial charge in [-0.05, 0) is 63.6 Å². The normalized spacial score (nSPS) is 22.7. The Bertz CT molecular complexity index is 1880. The van der Waals surface area contributed by atoms with Gasteiger partial charge in [-0.1, -0.05) is 74.5 Å². The quantitative estimate of drug-likeness (QED) is 0.155. The van der Waals surface area contributed by atoms with Gasteiger partial charge in [-0.2, -0.15) is 0 Å². The van der Waals surface area contributed by atoms with E-state index in [0.717, 1.165) is 53.7 Å². The van der Waals surface area contributed by atoms with Gasteiger partial charge in [0.2, 0.25) is 23.6 Å². The van der Waals surface area contributed by atoms with Crippen LogP contribution in [0.3, 0.4) is 0 Å². The van der Waals surface area contributed by atoms with Crippen molar-refractivity contribution in [2.24, 2.45) is 5.92 Å². The highest BCUT2D eigenvalue weighted by Gasteiger charge is 2.51. The molecule has 2 aromatic carbocycles. The molecule has 14 heteroatoms. The van der Waals surface area contributed by atoms with Crippen molar-refractivity contribution in [1.82, 2.24) is 35.6 Å². The van der Waals surface area contributed by atoms with Crippen LogP contribution >= 0.6 is 11.3 Å². The van der Waals surface area contributed by atoms with Crippen molar-refractivity contribution in [2.45, 2.75) is 109 Å². The molecular weight excluding hydrogens is 755 g/mol. The molecule has 3 aliphatic heterocycles. The van der Waals surface area contributed by atoms with Crippen LogP contribution in [0.5, 0.6) is 0 Å². The third kappa shape index (κ3) is 11.6. The van der Waals surface area contributed by atoms with E-state index >= 15 is 0 Å². The van der Waals surface area contributed by atoms with Gasteiger partial charge in [0.05, 0.1) is 25.6 Å². The summed E-state index contributed by atoms with van der Waals surface area (Å²) < 4.78 is 5.45. The average Bonchev–Trinajstić information content (AvgIpc) is 3.71. The summed E-state index contributed by atoms with van der Waals surface area (Å²) in [7, 11) is 2.12. The number of aryl methyl sites for hydroxylation is 1.